The van der Waals surface area contributed by atoms with Crippen LogP contribution < -0.4 is 10.6 Å². The van der Waals surface area contributed by atoms with E-state index in [1.54, 1.807) is 7.05 Å². The first-order valence-electron chi connectivity index (χ1n) is 9.80. The lowest BCUT2D eigenvalue weighted by atomic mass is 10.0. The number of aryl methyl sites for hydroxylation is 1. The summed E-state index contributed by atoms with van der Waals surface area (Å²) in [7, 11) is 1.66. The van der Waals surface area contributed by atoms with Gasteiger partial charge in [-0.2, -0.15) is 0 Å². The smallest absolute Gasteiger partial charge is 0.271 e. The van der Waals surface area contributed by atoms with Crippen LogP contribution in [0.4, 0.5) is 5.69 Å². The Hall–Kier alpha value is -3.47. The quantitative estimate of drug-likeness (QED) is 0.423. The molecule has 0 spiro atoms. The first-order valence-corrected chi connectivity index (χ1v) is 9.80. The Labute approximate surface area is 170 Å². The Morgan fingerprint density at radius 1 is 1.14 bits per heavy atom. The van der Waals surface area contributed by atoms with Gasteiger partial charge in [-0.25, -0.2) is 4.98 Å². The van der Waals surface area contributed by atoms with E-state index in [1.807, 2.05) is 25.1 Å². The minimum Gasteiger partial charge on any atom is -0.384 e. The molecule has 2 aromatic carbocycles. The average Bonchev–Trinajstić information content (AvgIpc) is 3.58. The van der Waals surface area contributed by atoms with Gasteiger partial charge >= 0.3 is 0 Å². The normalized spacial score (nSPS) is 13.9. The van der Waals surface area contributed by atoms with Gasteiger partial charge in [0.15, 0.2) is 0 Å². The summed E-state index contributed by atoms with van der Waals surface area (Å²) in [6.45, 7) is 1.96. The molecule has 3 aromatic rings. The summed E-state index contributed by atoms with van der Waals surface area (Å²) in [4.78, 5) is 17.1. The highest BCUT2D eigenvalue weighted by atomic mass is 16.2. The molecule has 5 heteroatoms. The van der Waals surface area contributed by atoms with Crippen molar-refractivity contribution in [2.45, 2.75) is 25.7 Å². The SMILES string of the molecule is CN/C(=C\C=N)C(=O)Nc1ccc(-c2ccc3cc(C4CC4)ccc3n2)cc1C. The summed E-state index contributed by atoms with van der Waals surface area (Å²) in [5, 5.41) is 14.0. The third-order valence-corrected chi connectivity index (χ3v) is 5.30. The zero-order chi connectivity index (χ0) is 20.4. The highest BCUT2D eigenvalue weighted by Gasteiger charge is 2.23. The fourth-order valence-corrected chi connectivity index (χ4v) is 3.48. The van der Waals surface area contributed by atoms with Crippen LogP contribution in [-0.2, 0) is 4.79 Å². The van der Waals surface area contributed by atoms with Crippen LogP contribution in [0.25, 0.3) is 22.2 Å². The van der Waals surface area contributed by atoms with Gasteiger partial charge in [0.05, 0.1) is 11.2 Å². The first kappa shape index (κ1) is 18.9. The molecule has 29 heavy (non-hydrogen) atoms. The van der Waals surface area contributed by atoms with Gasteiger partial charge in [0.1, 0.15) is 5.70 Å². The van der Waals surface area contributed by atoms with Crippen molar-refractivity contribution in [1.29, 1.82) is 5.41 Å². The second-order valence-electron chi connectivity index (χ2n) is 7.40. The highest BCUT2D eigenvalue weighted by Crippen LogP contribution is 2.40. The van der Waals surface area contributed by atoms with Crippen LogP contribution in [0.3, 0.4) is 0 Å². The predicted molar refractivity (Wildman–Crippen MR) is 118 cm³/mol. The predicted octanol–water partition coefficient (Wildman–Crippen LogP) is 4.78. The Morgan fingerprint density at radius 2 is 1.97 bits per heavy atom. The number of hydrogen-bond acceptors (Lipinski definition) is 4. The Kier molecular flexibility index (Phi) is 5.12. The van der Waals surface area contributed by atoms with Gasteiger partial charge in [-0.05, 0) is 73.2 Å². The number of fused-ring (bicyclic) bond motifs is 1. The fraction of sp³-hybridized carbons (Fsp3) is 0.208. The Bertz CT molecular complexity index is 1130. The van der Waals surface area contributed by atoms with E-state index in [1.165, 1.54) is 29.9 Å². The summed E-state index contributed by atoms with van der Waals surface area (Å²) in [6.07, 6.45) is 5.10. The van der Waals surface area contributed by atoms with Crippen LogP contribution in [0.15, 0.2) is 60.3 Å². The van der Waals surface area contributed by atoms with Crippen molar-refractivity contribution in [1.82, 2.24) is 10.3 Å². The van der Waals surface area contributed by atoms with Gasteiger partial charge in [-0.3, -0.25) is 4.79 Å². The standard InChI is InChI=1S/C24H24N4O/c1-15-13-18(6-8-20(15)28-24(29)23(26-2)11-12-25)21-10-7-19-14-17(16-3-4-16)5-9-22(19)27-21/h5-14,16,25-26H,3-4H2,1-2H3,(H,28,29)/b23-11-,25-12?. The van der Waals surface area contributed by atoms with E-state index in [2.05, 4.69) is 41.0 Å². The number of hydrogen-bond donors (Lipinski definition) is 3. The average molecular weight is 384 g/mol. The van der Waals surface area contributed by atoms with E-state index in [0.29, 0.717) is 5.70 Å². The van der Waals surface area contributed by atoms with Gasteiger partial charge in [-0.1, -0.05) is 18.2 Å². The number of nitrogens with zero attached hydrogens (tertiary/aromatic N) is 1. The van der Waals surface area contributed by atoms with Crippen LogP contribution in [0.2, 0.25) is 0 Å². The van der Waals surface area contributed by atoms with Crippen molar-refractivity contribution in [2.75, 3.05) is 12.4 Å². The van der Waals surface area contributed by atoms with Gasteiger partial charge in [0.2, 0.25) is 0 Å². The number of aromatic nitrogens is 1. The number of carbonyl (C=O) groups excluding carboxylic acids is 1. The molecule has 1 heterocycles. The summed E-state index contributed by atoms with van der Waals surface area (Å²) in [6, 6.07) is 16.6. The monoisotopic (exact) mass is 384 g/mol. The molecule has 0 saturated heterocycles. The lowest BCUT2D eigenvalue weighted by Gasteiger charge is -2.12. The third kappa shape index (κ3) is 4.04. The maximum absolute atomic E-state index is 12.3. The largest absolute Gasteiger partial charge is 0.384 e. The van der Waals surface area contributed by atoms with E-state index in [0.717, 1.165) is 40.2 Å². The van der Waals surface area contributed by atoms with E-state index in [4.69, 9.17) is 10.4 Å². The van der Waals surface area contributed by atoms with Crippen LogP contribution in [0.5, 0.6) is 0 Å². The van der Waals surface area contributed by atoms with Crippen LogP contribution in [0.1, 0.15) is 29.9 Å². The molecule has 0 bridgehead atoms. The topological polar surface area (TPSA) is 77.9 Å². The zero-order valence-corrected chi connectivity index (χ0v) is 16.6. The molecule has 0 radical (unpaired) electrons. The minimum atomic E-state index is -0.276. The maximum Gasteiger partial charge on any atom is 0.271 e. The van der Waals surface area contributed by atoms with Crippen LogP contribution >= 0.6 is 0 Å². The zero-order valence-electron chi connectivity index (χ0n) is 16.6. The second kappa shape index (κ2) is 7.87. The van der Waals surface area contributed by atoms with Crippen molar-refractivity contribution < 1.29 is 4.79 Å². The summed E-state index contributed by atoms with van der Waals surface area (Å²) < 4.78 is 0. The number of nitrogens with one attached hydrogen (secondary N) is 3. The van der Waals surface area contributed by atoms with E-state index in [9.17, 15) is 4.79 Å². The number of anilines is 1. The van der Waals surface area contributed by atoms with Crippen molar-refractivity contribution in [3.63, 3.8) is 0 Å². The molecule has 0 aliphatic heterocycles. The maximum atomic E-state index is 12.3. The third-order valence-electron chi connectivity index (χ3n) is 5.30. The van der Waals surface area contributed by atoms with Gasteiger partial charge < -0.3 is 16.0 Å². The van der Waals surface area contributed by atoms with Gasteiger partial charge in [0.25, 0.3) is 5.91 Å². The molecule has 5 nitrogen and oxygen atoms in total. The second-order valence-corrected chi connectivity index (χ2v) is 7.40. The number of benzene rings is 2. The van der Waals surface area contributed by atoms with E-state index >= 15 is 0 Å². The lowest BCUT2D eigenvalue weighted by Crippen LogP contribution is -2.23. The van der Waals surface area contributed by atoms with Crippen molar-refractivity contribution in [2.24, 2.45) is 0 Å². The molecule has 1 saturated carbocycles. The summed E-state index contributed by atoms with van der Waals surface area (Å²) >= 11 is 0. The van der Waals surface area contributed by atoms with E-state index < -0.39 is 0 Å². The van der Waals surface area contributed by atoms with E-state index in [-0.39, 0.29) is 5.91 Å². The summed E-state index contributed by atoms with van der Waals surface area (Å²) in [5.41, 5.74) is 6.37. The number of likely N-dealkylation sites (N-methyl/N-ethyl adjacent to an activating group) is 1. The molecule has 1 aromatic heterocycles. The number of amides is 1. The van der Waals surface area contributed by atoms with Crippen molar-refractivity contribution in [3.8, 4) is 11.3 Å². The van der Waals surface area contributed by atoms with Crippen LogP contribution in [0, 0.1) is 12.3 Å². The molecule has 1 aliphatic carbocycles. The highest BCUT2D eigenvalue weighted by molar-refractivity contribution is 6.05. The Balaban J connectivity index is 1.58. The fourth-order valence-electron chi connectivity index (χ4n) is 3.48. The van der Waals surface area contributed by atoms with Gasteiger partial charge in [0, 0.05) is 29.9 Å². The van der Waals surface area contributed by atoms with Gasteiger partial charge in [-0.15, -0.1) is 0 Å². The lowest BCUT2D eigenvalue weighted by molar-refractivity contribution is -0.113. The number of pyridine rings is 1. The first-order chi connectivity index (χ1) is 14.1. The number of carbonyl (C=O) groups is 1. The molecule has 146 valence electrons. The number of allylic oxidation sites excluding steroid dienone is 1. The molecular formula is C24H24N4O. The summed E-state index contributed by atoms with van der Waals surface area (Å²) in [5.74, 6) is 0.462. The Morgan fingerprint density at radius 3 is 2.66 bits per heavy atom. The molecule has 0 unspecified atom stereocenters. The molecule has 1 aliphatic rings. The molecular weight excluding hydrogens is 360 g/mol. The van der Waals surface area contributed by atoms with Crippen molar-refractivity contribution >= 4 is 28.7 Å². The van der Waals surface area contributed by atoms with Crippen molar-refractivity contribution in [3.05, 3.63) is 71.4 Å². The molecule has 1 fully saturated rings. The minimum absolute atomic E-state index is 0.276. The molecule has 3 N–H and O–H groups in total. The molecule has 1 amide bonds. The van der Waals surface area contributed by atoms with Crippen LogP contribution in [-0.4, -0.2) is 24.2 Å². The number of rotatable bonds is 6. The molecule has 4 rings (SSSR count). The molecule has 0 atom stereocenters.